The fraction of sp³-hybridized carbons (Fsp3) is 0.900. The van der Waals surface area contributed by atoms with E-state index in [4.69, 9.17) is 5.73 Å². The topological polar surface area (TPSA) is 72.2 Å². The van der Waals surface area contributed by atoms with E-state index in [1.165, 1.54) is 0 Å². The summed E-state index contributed by atoms with van der Waals surface area (Å²) in [5.74, 6) is 0.00645. The molecule has 0 aliphatic rings. The molecule has 0 fully saturated rings. The summed E-state index contributed by atoms with van der Waals surface area (Å²) < 4.78 is 11.0. The van der Waals surface area contributed by atoms with Crippen molar-refractivity contribution < 1.29 is 9.00 Å². The molecular formula is C10H22N2O2S. The van der Waals surface area contributed by atoms with Crippen LogP contribution in [0.15, 0.2) is 0 Å². The molecule has 3 unspecified atom stereocenters. The van der Waals surface area contributed by atoms with Crippen LogP contribution in [0.1, 0.15) is 26.7 Å². The third-order valence-corrected chi connectivity index (χ3v) is 3.83. The molecule has 15 heavy (non-hydrogen) atoms. The van der Waals surface area contributed by atoms with Gasteiger partial charge in [0.15, 0.2) is 0 Å². The third kappa shape index (κ3) is 6.62. The molecule has 1 amide bonds. The number of hydrogen-bond acceptors (Lipinski definition) is 3. The highest BCUT2D eigenvalue weighted by atomic mass is 32.2. The molecule has 3 atom stereocenters. The quantitative estimate of drug-likeness (QED) is 0.663. The van der Waals surface area contributed by atoms with Crippen LogP contribution in [0, 0.1) is 5.92 Å². The lowest BCUT2D eigenvalue weighted by Crippen LogP contribution is -2.32. The molecule has 0 aromatic heterocycles. The molecule has 0 saturated heterocycles. The molecule has 4 nitrogen and oxygen atoms in total. The first-order valence-corrected chi connectivity index (χ1v) is 6.91. The number of nitrogens with two attached hydrogens (primary N) is 1. The van der Waals surface area contributed by atoms with Crippen molar-refractivity contribution in [3.63, 3.8) is 0 Å². The van der Waals surface area contributed by atoms with Crippen molar-refractivity contribution in [2.24, 2.45) is 11.7 Å². The first kappa shape index (κ1) is 14.6. The zero-order valence-electron chi connectivity index (χ0n) is 9.79. The molecule has 0 aromatic carbocycles. The van der Waals surface area contributed by atoms with E-state index in [-0.39, 0.29) is 17.1 Å². The largest absolute Gasteiger partial charge is 0.356 e. The fourth-order valence-corrected chi connectivity index (χ4v) is 1.57. The number of hydrogen-bond donors (Lipinski definition) is 2. The summed E-state index contributed by atoms with van der Waals surface area (Å²) in [5.41, 5.74) is 5.36. The van der Waals surface area contributed by atoms with E-state index in [1.54, 1.807) is 6.26 Å². The Labute approximate surface area is 94.4 Å². The van der Waals surface area contributed by atoms with Gasteiger partial charge in [-0.3, -0.25) is 9.00 Å². The van der Waals surface area contributed by atoms with Crippen molar-refractivity contribution in [1.29, 1.82) is 0 Å². The number of carbonyl (C=O) groups excluding carboxylic acids is 1. The van der Waals surface area contributed by atoms with Gasteiger partial charge in [-0.1, -0.05) is 13.8 Å². The first-order valence-electron chi connectivity index (χ1n) is 5.29. The van der Waals surface area contributed by atoms with Gasteiger partial charge in [0.05, 0.1) is 0 Å². The van der Waals surface area contributed by atoms with Gasteiger partial charge in [-0.15, -0.1) is 0 Å². The molecule has 0 radical (unpaired) electrons. The van der Waals surface area contributed by atoms with Crippen LogP contribution in [0.4, 0.5) is 0 Å². The average molecular weight is 234 g/mol. The van der Waals surface area contributed by atoms with Gasteiger partial charge in [-0.05, 0) is 19.4 Å². The Morgan fingerprint density at radius 3 is 2.47 bits per heavy atom. The molecule has 0 saturated carbocycles. The van der Waals surface area contributed by atoms with Gasteiger partial charge < -0.3 is 11.1 Å². The van der Waals surface area contributed by atoms with E-state index in [0.717, 1.165) is 6.42 Å². The number of carbonyl (C=O) groups is 1. The zero-order chi connectivity index (χ0) is 11.8. The predicted molar refractivity (Wildman–Crippen MR) is 64.0 cm³/mol. The molecule has 0 bridgehead atoms. The molecule has 0 aliphatic heterocycles. The summed E-state index contributed by atoms with van der Waals surface area (Å²) in [6.07, 6.45) is 3.15. The van der Waals surface area contributed by atoms with Gasteiger partial charge in [0.2, 0.25) is 5.91 Å². The van der Waals surface area contributed by atoms with Crippen LogP contribution in [0.3, 0.4) is 0 Å². The van der Waals surface area contributed by atoms with E-state index in [0.29, 0.717) is 19.5 Å². The lowest BCUT2D eigenvalue weighted by molar-refractivity contribution is -0.124. The van der Waals surface area contributed by atoms with Crippen LogP contribution < -0.4 is 11.1 Å². The van der Waals surface area contributed by atoms with E-state index in [1.807, 2.05) is 13.8 Å². The smallest absolute Gasteiger partial charge is 0.222 e. The van der Waals surface area contributed by atoms with Crippen molar-refractivity contribution in [2.45, 2.75) is 31.9 Å². The predicted octanol–water partition coefficient (Wildman–Crippen LogP) is 0.245. The second-order valence-corrected chi connectivity index (χ2v) is 5.67. The monoisotopic (exact) mass is 234 g/mol. The van der Waals surface area contributed by atoms with Gasteiger partial charge in [-0.25, -0.2) is 0 Å². The van der Waals surface area contributed by atoms with Crippen molar-refractivity contribution in [1.82, 2.24) is 5.32 Å². The van der Waals surface area contributed by atoms with Gasteiger partial charge >= 0.3 is 0 Å². The molecule has 0 spiro atoms. The second-order valence-electron chi connectivity index (χ2n) is 3.87. The molecule has 3 N–H and O–H groups in total. The van der Waals surface area contributed by atoms with Crippen molar-refractivity contribution in [3.8, 4) is 0 Å². The molecule has 90 valence electrons. The normalized spacial score (nSPS) is 16.8. The van der Waals surface area contributed by atoms with Crippen LogP contribution in [0.2, 0.25) is 0 Å². The van der Waals surface area contributed by atoms with Crippen LogP contribution >= 0.6 is 0 Å². The highest BCUT2D eigenvalue weighted by Gasteiger charge is 2.12. The van der Waals surface area contributed by atoms with E-state index < -0.39 is 10.8 Å². The maximum Gasteiger partial charge on any atom is 0.222 e. The third-order valence-electron chi connectivity index (χ3n) is 2.46. The van der Waals surface area contributed by atoms with Gasteiger partial charge in [0, 0.05) is 34.8 Å². The SMILES string of the molecule is CC(CCN)C(=O)NCCC(C)S(C)=O. The Kier molecular flexibility index (Phi) is 7.60. The van der Waals surface area contributed by atoms with Gasteiger partial charge in [0.1, 0.15) is 0 Å². The van der Waals surface area contributed by atoms with Crippen LogP contribution in [-0.2, 0) is 15.6 Å². The Hall–Kier alpha value is -0.420. The summed E-state index contributed by atoms with van der Waals surface area (Å²) >= 11 is 0. The molecule has 0 aliphatic carbocycles. The fourth-order valence-electron chi connectivity index (χ4n) is 1.12. The van der Waals surface area contributed by atoms with Crippen molar-refractivity contribution >= 4 is 16.7 Å². The average Bonchev–Trinajstić information content (AvgIpc) is 2.17. The Balaban J connectivity index is 3.67. The number of nitrogens with one attached hydrogen (secondary N) is 1. The molecule has 0 heterocycles. The minimum Gasteiger partial charge on any atom is -0.356 e. The summed E-state index contributed by atoms with van der Waals surface area (Å²) in [6, 6.07) is 0. The van der Waals surface area contributed by atoms with Crippen LogP contribution in [0.25, 0.3) is 0 Å². The highest BCUT2D eigenvalue weighted by Crippen LogP contribution is 2.01. The second kappa shape index (κ2) is 7.82. The van der Waals surface area contributed by atoms with Crippen LogP contribution in [-0.4, -0.2) is 34.7 Å². The maximum atomic E-state index is 11.4. The van der Waals surface area contributed by atoms with E-state index in [2.05, 4.69) is 5.32 Å². The zero-order valence-corrected chi connectivity index (χ0v) is 10.6. The summed E-state index contributed by atoms with van der Waals surface area (Å²) in [6.45, 7) is 4.91. The minimum absolute atomic E-state index is 0.0302. The van der Waals surface area contributed by atoms with E-state index >= 15 is 0 Å². The first-order chi connectivity index (χ1) is 6.99. The minimum atomic E-state index is -0.810. The molecule has 5 heteroatoms. The van der Waals surface area contributed by atoms with Crippen molar-refractivity contribution in [3.05, 3.63) is 0 Å². The summed E-state index contributed by atoms with van der Waals surface area (Å²) in [7, 11) is -0.810. The van der Waals surface area contributed by atoms with Crippen molar-refractivity contribution in [2.75, 3.05) is 19.3 Å². The molecule has 0 rings (SSSR count). The Morgan fingerprint density at radius 1 is 1.40 bits per heavy atom. The summed E-state index contributed by atoms with van der Waals surface area (Å²) in [4.78, 5) is 11.4. The lowest BCUT2D eigenvalue weighted by atomic mass is 10.1. The lowest BCUT2D eigenvalue weighted by Gasteiger charge is -2.12. The molecule has 0 aromatic rings. The maximum absolute atomic E-state index is 11.4. The van der Waals surface area contributed by atoms with Gasteiger partial charge in [-0.2, -0.15) is 0 Å². The number of rotatable bonds is 7. The Morgan fingerprint density at radius 2 is 2.00 bits per heavy atom. The van der Waals surface area contributed by atoms with Gasteiger partial charge in [0.25, 0.3) is 0 Å². The highest BCUT2D eigenvalue weighted by molar-refractivity contribution is 7.84. The Bertz CT molecular complexity index is 221. The van der Waals surface area contributed by atoms with Crippen LogP contribution in [0.5, 0.6) is 0 Å². The standard InChI is InChI=1S/C10H22N2O2S/c1-8(4-6-11)10(13)12-7-5-9(2)15(3)14/h8-9H,4-7,11H2,1-3H3,(H,12,13). The number of amides is 1. The summed E-state index contributed by atoms with van der Waals surface area (Å²) in [5, 5.41) is 2.96. The van der Waals surface area contributed by atoms with E-state index in [9.17, 15) is 9.00 Å². The molecular weight excluding hydrogens is 212 g/mol.